The molecule has 0 spiro atoms. The van der Waals surface area contributed by atoms with E-state index in [9.17, 15) is 4.79 Å². The van der Waals surface area contributed by atoms with Crippen LogP contribution in [0.5, 0.6) is 0 Å². The molecular formula is C23H18O2. The second-order valence-corrected chi connectivity index (χ2v) is 6.26. The van der Waals surface area contributed by atoms with Gasteiger partial charge in [0.05, 0.1) is 0 Å². The van der Waals surface area contributed by atoms with E-state index in [0.29, 0.717) is 6.42 Å². The van der Waals surface area contributed by atoms with E-state index in [0.717, 1.165) is 12.8 Å². The summed E-state index contributed by atoms with van der Waals surface area (Å²) < 4.78 is 4.81. The molecule has 0 atom stereocenters. The summed E-state index contributed by atoms with van der Waals surface area (Å²) in [4.78, 5) is 11.6. The fraction of sp³-hybridized carbons (Fsp3) is 0.174. The average molecular weight is 326 g/mol. The van der Waals surface area contributed by atoms with Crippen molar-refractivity contribution in [3.05, 3.63) is 60.2 Å². The van der Waals surface area contributed by atoms with Crippen molar-refractivity contribution < 1.29 is 9.53 Å². The van der Waals surface area contributed by atoms with Gasteiger partial charge in [0.25, 0.3) is 0 Å². The van der Waals surface area contributed by atoms with Crippen molar-refractivity contribution >= 4 is 38.3 Å². The van der Waals surface area contributed by atoms with Crippen molar-refractivity contribution in [3.8, 4) is 12.0 Å². The molecule has 122 valence electrons. The second kappa shape index (κ2) is 6.45. The lowest BCUT2D eigenvalue weighted by atomic mass is 9.90. The summed E-state index contributed by atoms with van der Waals surface area (Å²) in [5.74, 6) is 2.31. The van der Waals surface area contributed by atoms with E-state index in [1.54, 1.807) is 6.92 Å². The van der Waals surface area contributed by atoms with E-state index in [1.165, 1.54) is 37.9 Å². The predicted octanol–water partition coefficient (Wildman–Crippen LogP) is 5.43. The number of hydrogen-bond acceptors (Lipinski definition) is 2. The molecule has 0 N–H and O–H groups in total. The van der Waals surface area contributed by atoms with Crippen LogP contribution in [0.4, 0.5) is 0 Å². The summed E-state index contributed by atoms with van der Waals surface area (Å²) in [7, 11) is 0. The Balaban J connectivity index is 1.70. The van der Waals surface area contributed by atoms with Crippen molar-refractivity contribution in [1.29, 1.82) is 0 Å². The lowest BCUT2D eigenvalue weighted by molar-refractivity contribution is -0.136. The van der Waals surface area contributed by atoms with Gasteiger partial charge in [0.2, 0.25) is 0 Å². The predicted molar refractivity (Wildman–Crippen MR) is 103 cm³/mol. The lowest BCUT2D eigenvalue weighted by Gasteiger charge is -2.13. The van der Waals surface area contributed by atoms with Gasteiger partial charge in [0, 0.05) is 13.3 Å². The van der Waals surface area contributed by atoms with Crippen LogP contribution in [0, 0.1) is 12.0 Å². The van der Waals surface area contributed by atoms with Gasteiger partial charge >= 0.3 is 5.97 Å². The molecule has 0 fully saturated rings. The number of rotatable bonds is 4. The van der Waals surface area contributed by atoms with E-state index < -0.39 is 0 Å². The summed E-state index contributed by atoms with van der Waals surface area (Å²) in [5, 5.41) is 7.75. The summed E-state index contributed by atoms with van der Waals surface area (Å²) in [6.45, 7) is 1.65. The van der Waals surface area contributed by atoms with Gasteiger partial charge in [-0.05, 0) is 50.7 Å². The fourth-order valence-corrected chi connectivity index (χ4v) is 3.60. The highest BCUT2D eigenvalue weighted by atomic mass is 16.5. The normalized spacial score (nSPS) is 10.9. The summed E-state index contributed by atoms with van der Waals surface area (Å²) >= 11 is 0. The van der Waals surface area contributed by atoms with E-state index >= 15 is 0 Å². The molecular weight excluding hydrogens is 308 g/mol. The molecule has 0 aromatic heterocycles. The Labute approximate surface area is 146 Å². The minimum atomic E-state index is -0.257. The summed E-state index contributed by atoms with van der Waals surface area (Å²) in [6.07, 6.45) is 4.35. The number of carbonyl (C=O) groups is 1. The van der Waals surface area contributed by atoms with Crippen molar-refractivity contribution in [2.24, 2.45) is 0 Å². The Morgan fingerprint density at radius 1 is 0.920 bits per heavy atom. The topological polar surface area (TPSA) is 26.3 Å². The molecule has 0 amide bonds. The van der Waals surface area contributed by atoms with Gasteiger partial charge in [-0.2, -0.15) is 0 Å². The average Bonchev–Trinajstić information content (AvgIpc) is 2.65. The number of esters is 1. The van der Waals surface area contributed by atoms with Crippen molar-refractivity contribution in [3.63, 3.8) is 0 Å². The summed E-state index contributed by atoms with van der Waals surface area (Å²) in [5.41, 5.74) is 1.28. The van der Waals surface area contributed by atoms with Crippen LogP contribution in [-0.2, 0) is 16.0 Å². The minimum absolute atomic E-state index is 0.257. The Bertz CT molecular complexity index is 1110. The van der Waals surface area contributed by atoms with Gasteiger partial charge in [0.15, 0.2) is 0 Å². The monoisotopic (exact) mass is 326 g/mol. The third-order valence-electron chi connectivity index (χ3n) is 4.71. The van der Waals surface area contributed by atoms with Crippen LogP contribution in [0.25, 0.3) is 32.3 Å². The maximum absolute atomic E-state index is 11.6. The van der Waals surface area contributed by atoms with Gasteiger partial charge in [-0.15, -0.1) is 0 Å². The van der Waals surface area contributed by atoms with E-state index in [2.05, 4.69) is 66.6 Å². The van der Waals surface area contributed by atoms with Crippen LogP contribution in [0.2, 0.25) is 0 Å². The zero-order chi connectivity index (χ0) is 17.2. The highest BCUT2D eigenvalue weighted by molar-refractivity contribution is 6.23. The molecule has 0 aliphatic rings. The molecule has 0 aliphatic heterocycles. The minimum Gasteiger partial charge on any atom is -0.372 e. The number of aryl methyl sites for hydroxylation is 1. The number of carbonyl (C=O) groups excluding carboxylic acids is 1. The Morgan fingerprint density at radius 3 is 2.36 bits per heavy atom. The van der Waals surface area contributed by atoms with Crippen LogP contribution in [0.15, 0.2) is 54.6 Å². The highest BCUT2D eigenvalue weighted by Gasteiger charge is 2.11. The molecule has 0 heterocycles. The van der Waals surface area contributed by atoms with Crippen LogP contribution >= 0.6 is 0 Å². The molecule has 4 aromatic carbocycles. The third kappa shape index (κ3) is 2.79. The molecule has 4 rings (SSSR count). The van der Waals surface area contributed by atoms with Gasteiger partial charge in [-0.1, -0.05) is 60.5 Å². The lowest BCUT2D eigenvalue weighted by Crippen LogP contribution is -2.00. The maximum Gasteiger partial charge on any atom is 0.319 e. The quantitative estimate of drug-likeness (QED) is 0.284. The molecule has 0 bridgehead atoms. The smallest absolute Gasteiger partial charge is 0.319 e. The van der Waals surface area contributed by atoms with Gasteiger partial charge in [-0.3, -0.25) is 4.79 Å². The van der Waals surface area contributed by atoms with E-state index in [1.807, 2.05) is 0 Å². The zero-order valence-corrected chi connectivity index (χ0v) is 14.1. The van der Waals surface area contributed by atoms with Crippen LogP contribution < -0.4 is 0 Å². The highest BCUT2D eigenvalue weighted by Crippen LogP contribution is 2.36. The Morgan fingerprint density at radius 2 is 1.60 bits per heavy atom. The molecule has 0 unspecified atom stereocenters. The largest absolute Gasteiger partial charge is 0.372 e. The Kier molecular flexibility index (Phi) is 3.99. The SMILES string of the molecule is CC#COC(=O)CCCc1ccc2ccc3cccc4ccc1c2c34. The van der Waals surface area contributed by atoms with Gasteiger partial charge < -0.3 is 4.74 Å². The molecule has 4 aromatic rings. The maximum atomic E-state index is 11.6. The first kappa shape index (κ1) is 15.5. The Hall–Kier alpha value is -3.05. The molecule has 0 saturated heterocycles. The third-order valence-corrected chi connectivity index (χ3v) is 4.71. The standard InChI is InChI=1S/C23H18O2/c1-2-15-25-21(24)8-4-5-16-9-10-19-12-11-17-6-3-7-18-13-14-20(16)23(19)22(17)18/h3,6-7,9-14H,4-5,8H2,1H3. The van der Waals surface area contributed by atoms with Crippen molar-refractivity contribution in [2.75, 3.05) is 0 Å². The van der Waals surface area contributed by atoms with Crippen molar-refractivity contribution in [2.45, 2.75) is 26.2 Å². The fourth-order valence-electron chi connectivity index (χ4n) is 3.60. The van der Waals surface area contributed by atoms with E-state index in [-0.39, 0.29) is 5.97 Å². The summed E-state index contributed by atoms with van der Waals surface area (Å²) in [6, 6.07) is 19.6. The molecule has 2 nitrogen and oxygen atoms in total. The molecule has 25 heavy (non-hydrogen) atoms. The first-order valence-electron chi connectivity index (χ1n) is 8.55. The zero-order valence-electron chi connectivity index (χ0n) is 14.1. The molecule has 2 heteroatoms. The number of hydrogen-bond donors (Lipinski definition) is 0. The van der Waals surface area contributed by atoms with Gasteiger partial charge in [0.1, 0.15) is 6.11 Å². The molecule has 0 saturated carbocycles. The first-order chi connectivity index (χ1) is 12.3. The van der Waals surface area contributed by atoms with Crippen LogP contribution in [-0.4, -0.2) is 5.97 Å². The number of ether oxygens (including phenoxy) is 1. The first-order valence-corrected chi connectivity index (χ1v) is 8.55. The van der Waals surface area contributed by atoms with Crippen LogP contribution in [0.3, 0.4) is 0 Å². The molecule has 0 radical (unpaired) electrons. The van der Waals surface area contributed by atoms with Gasteiger partial charge in [-0.25, -0.2) is 0 Å². The van der Waals surface area contributed by atoms with Crippen LogP contribution in [0.1, 0.15) is 25.3 Å². The molecule has 0 aliphatic carbocycles. The second-order valence-electron chi connectivity index (χ2n) is 6.26. The van der Waals surface area contributed by atoms with Crippen molar-refractivity contribution in [1.82, 2.24) is 0 Å². The van der Waals surface area contributed by atoms with E-state index in [4.69, 9.17) is 4.74 Å². The number of benzene rings is 4.